The summed E-state index contributed by atoms with van der Waals surface area (Å²) in [6, 6.07) is 15.4. The number of anilines is 2. The number of nitrogens with two attached hydrogens (primary N) is 1. The van der Waals surface area contributed by atoms with E-state index in [0.717, 1.165) is 16.9 Å². The van der Waals surface area contributed by atoms with E-state index in [2.05, 4.69) is 20.4 Å². The number of nitrogens with one attached hydrogen (secondary N) is 1. The summed E-state index contributed by atoms with van der Waals surface area (Å²) in [5, 5.41) is 17.1. The molecule has 0 bridgehead atoms. The molecule has 0 saturated carbocycles. The maximum absolute atomic E-state index is 11.2. The van der Waals surface area contributed by atoms with Crippen LogP contribution in [0.1, 0.15) is 10.4 Å². The van der Waals surface area contributed by atoms with Gasteiger partial charge in [-0.2, -0.15) is 19.6 Å². The fraction of sp³-hybridized carbons (Fsp3) is 0. The Morgan fingerprint density at radius 1 is 1.12 bits per heavy atom. The molecule has 26 heavy (non-hydrogen) atoms. The lowest BCUT2D eigenvalue weighted by Crippen LogP contribution is -2.10. The zero-order chi connectivity index (χ0) is 18.1. The van der Waals surface area contributed by atoms with Crippen LogP contribution in [0.15, 0.2) is 60.9 Å². The van der Waals surface area contributed by atoms with Gasteiger partial charge >= 0.3 is 0 Å². The van der Waals surface area contributed by atoms with Crippen molar-refractivity contribution >= 4 is 23.2 Å². The molecule has 1 amide bonds. The highest BCUT2D eigenvalue weighted by molar-refractivity contribution is 5.93. The lowest BCUT2D eigenvalue weighted by Gasteiger charge is -2.10. The Labute approximate surface area is 148 Å². The second kappa shape index (κ2) is 6.17. The maximum Gasteiger partial charge on any atom is 0.254 e. The molecule has 0 aliphatic rings. The average molecular weight is 346 g/mol. The van der Waals surface area contributed by atoms with Gasteiger partial charge in [-0.1, -0.05) is 12.1 Å². The number of phenols is 1. The number of phenolic OH excluding ortho intramolecular Hbond substituents is 1. The van der Waals surface area contributed by atoms with Crippen LogP contribution in [0.4, 0.5) is 11.5 Å². The number of primary amides is 1. The first-order chi connectivity index (χ1) is 12.6. The van der Waals surface area contributed by atoms with Gasteiger partial charge in [0, 0.05) is 22.9 Å². The smallest absolute Gasteiger partial charge is 0.254 e. The van der Waals surface area contributed by atoms with Crippen molar-refractivity contribution in [1.82, 2.24) is 19.6 Å². The van der Waals surface area contributed by atoms with E-state index in [1.807, 2.05) is 6.07 Å². The number of aromatic hydroxyl groups is 1. The molecule has 0 aliphatic carbocycles. The van der Waals surface area contributed by atoms with Gasteiger partial charge in [0.2, 0.25) is 5.91 Å². The molecule has 4 rings (SSSR count). The summed E-state index contributed by atoms with van der Waals surface area (Å²) in [6.45, 7) is 0. The minimum Gasteiger partial charge on any atom is -0.508 e. The van der Waals surface area contributed by atoms with Gasteiger partial charge in [0.1, 0.15) is 17.9 Å². The van der Waals surface area contributed by atoms with Crippen LogP contribution < -0.4 is 11.1 Å². The molecule has 8 heteroatoms. The Bertz CT molecular complexity index is 1100. The monoisotopic (exact) mass is 346 g/mol. The molecule has 0 aliphatic heterocycles. The van der Waals surface area contributed by atoms with Gasteiger partial charge in [-0.15, -0.1) is 0 Å². The van der Waals surface area contributed by atoms with E-state index in [-0.39, 0.29) is 5.75 Å². The topological polar surface area (TPSA) is 118 Å². The lowest BCUT2D eigenvalue weighted by molar-refractivity contribution is 0.100. The second-order valence-corrected chi connectivity index (χ2v) is 5.62. The van der Waals surface area contributed by atoms with Crippen LogP contribution in [0, 0.1) is 0 Å². The average Bonchev–Trinajstić information content (AvgIpc) is 3.10. The first kappa shape index (κ1) is 15.6. The van der Waals surface area contributed by atoms with E-state index in [1.165, 1.54) is 6.33 Å². The minimum atomic E-state index is -0.481. The Morgan fingerprint density at radius 3 is 2.65 bits per heavy atom. The number of amides is 1. The molecule has 0 atom stereocenters. The van der Waals surface area contributed by atoms with Crippen molar-refractivity contribution in [2.45, 2.75) is 0 Å². The second-order valence-electron chi connectivity index (χ2n) is 5.62. The molecule has 8 nitrogen and oxygen atoms in total. The van der Waals surface area contributed by atoms with E-state index >= 15 is 0 Å². The van der Waals surface area contributed by atoms with Gasteiger partial charge in [0.05, 0.1) is 5.69 Å². The van der Waals surface area contributed by atoms with Crippen LogP contribution in [0.3, 0.4) is 0 Å². The normalized spacial score (nSPS) is 10.8. The van der Waals surface area contributed by atoms with Crippen molar-refractivity contribution in [1.29, 1.82) is 0 Å². The van der Waals surface area contributed by atoms with Gasteiger partial charge in [-0.3, -0.25) is 4.79 Å². The zero-order valence-electron chi connectivity index (χ0n) is 13.5. The van der Waals surface area contributed by atoms with Crippen LogP contribution in [-0.4, -0.2) is 30.6 Å². The van der Waals surface area contributed by atoms with Gasteiger partial charge < -0.3 is 16.2 Å². The standard InChI is InChI=1S/C18H14N6O2/c19-17(26)11-4-6-13(7-5-11)22-16-9-15(12-2-1-3-14(25)8-12)24-18(23-16)20-10-21-24/h1-10,25H,(H2,19,26)(H,20,21,22,23). The van der Waals surface area contributed by atoms with Crippen molar-refractivity contribution in [2.75, 3.05) is 5.32 Å². The number of aromatic nitrogens is 4. The SMILES string of the molecule is NC(=O)c1ccc(Nc2cc(-c3cccc(O)c3)n3ncnc3n2)cc1. The number of carbonyl (C=O) groups excluding carboxylic acids is 1. The molecule has 2 heterocycles. The van der Waals surface area contributed by atoms with Crippen molar-refractivity contribution in [2.24, 2.45) is 5.73 Å². The van der Waals surface area contributed by atoms with Crippen LogP contribution in [0.25, 0.3) is 17.0 Å². The predicted molar refractivity (Wildman–Crippen MR) is 96.1 cm³/mol. The number of fused-ring (bicyclic) bond motifs is 1. The van der Waals surface area contributed by atoms with Crippen LogP contribution in [-0.2, 0) is 0 Å². The molecule has 2 aromatic heterocycles. The molecule has 0 saturated heterocycles. The molecule has 0 radical (unpaired) electrons. The Morgan fingerprint density at radius 2 is 1.92 bits per heavy atom. The summed E-state index contributed by atoms with van der Waals surface area (Å²) in [4.78, 5) is 19.7. The van der Waals surface area contributed by atoms with Crippen LogP contribution in [0.5, 0.6) is 5.75 Å². The first-order valence-corrected chi connectivity index (χ1v) is 7.77. The number of hydrogen-bond donors (Lipinski definition) is 3. The third-order valence-electron chi connectivity index (χ3n) is 3.84. The molecule has 128 valence electrons. The van der Waals surface area contributed by atoms with Gasteiger partial charge in [-0.25, -0.2) is 0 Å². The largest absolute Gasteiger partial charge is 0.508 e. The molecular formula is C18H14N6O2. The zero-order valence-corrected chi connectivity index (χ0v) is 13.5. The van der Waals surface area contributed by atoms with Gasteiger partial charge in [0.15, 0.2) is 0 Å². The number of benzene rings is 2. The van der Waals surface area contributed by atoms with Crippen molar-refractivity contribution < 1.29 is 9.90 Å². The summed E-state index contributed by atoms with van der Waals surface area (Å²) in [5.74, 6) is 0.646. The molecule has 0 spiro atoms. The molecule has 4 aromatic rings. The third kappa shape index (κ3) is 2.91. The molecule has 4 N–H and O–H groups in total. The summed E-state index contributed by atoms with van der Waals surface area (Å²) in [6.07, 6.45) is 1.42. The molecule has 0 unspecified atom stereocenters. The van der Waals surface area contributed by atoms with Gasteiger partial charge in [-0.05, 0) is 36.4 Å². The molecular weight excluding hydrogens is 332 g/mol. The van der Waals surface area contributed by atoms with Gasteiger partial charge in [0.25, 0.3) is 5.78 Å². The quantitative estimate of drug-likeness (QED) is 0.522. The van der Waals surface area contributed by atoms with E-state index in [9.17, 15) is 9.90 Å². The van der Waals surface area contributed by atoms with Crippen LogP contribution >= 0.6 is 0 Å². The highest BCUT2D eigenvalue weighted by Crippen LogP contribution is 2.26. The Balaban J connectivity index is 1.75. The first-order valence-electron chi connectivity index (χ1n) is 7.77. The lowest BCUT2D eigenvalue weighted by atomic mass is 10.1. The fourth-order valence-corrected chi connectivity index (χ4v) is 2.61. The van der Waals surface area contributed by atoms with Crippen molar-refractivity contribution in [3.63, 3.8) is 0 Å². The Kier molecular flexibility index (Phi) is 3.70. The summed E-state index contributed by atoms with van der Waals surface area (Å²) >= 11 is 0. The van der Waals surface area contributed by atoms with E-state index in [4.69, 9.17) is 5.73 Å². The summed E-state index contributed by atoms with van der Waals surface area (Å²) in [7, 11) is 0. The Hall–Kier alpha value is -3.94. The minimum absolute atomic E-state index is 0.157. The molecule has 2 aromatic carbocycles. The number of nitrogens with zero attached hydrogens (tertiary/aromatic N) is 4. The summed E-state index contributed by atoms with van der Waals surface area (Å²) < 4.78 is 1.59. The fourth-order valence-electron chi connectivity index (χ4n) is 2.61. The number of rotatable bonds is 4. The highest BCUT2D eigenvalue weighted by atomic mass is 16.3. The van der Waals surface area contributed by atoms with Crippen molar-refractivity contribution in [3.8, 4) is 17.0 Å². The van der Waals surface area contributed by atoms with E-state index < -0.39 is 5.91 Å². The predicted octanol–water partition coefficient (Wildman–Crippen LogP) is 2.34. The molecule has 0 fully saturated rings. The highest BCUT2D eigenvalue weighted by Gasteiger charge is 2.11. The summed E-state index contributed by atoms with van der Waals surface area (Å²) in [5.41, 5.74) is 7.92. The van der Waals surface area contributed by atoms with Crippen molar-refractivity contribution in [3.05, 3.63) is 66.5 Å². The van der Waals surface area contributed by atoms with E-state index in [0.29, 0.717) is 17.2 Å². The van der Waals surface area contributed by atoms with Crippen LogP contribution in [0.2, 0.25) is 0 Å². The number of carbonyl (C=O) groups is 1. The maximum atomic E-state index is 11.2. The van der Waals surface area contributed by atoms with E-state index in [1.54, 1.807) is 53.0 Å². The number of hydrogen-bond acceptors (Lipinski definition) is 6. The third-order valence-corrected chi connectivity index (χ3v) is 3.84.